The topological polar surface area (TPSA) is 71.8 Å². The van der Waals surface area contributed by atoms with Gasteiger partial charge in [-0.15, -0.1) is 0 Å². The van der Waals surface area contributed by atoms with Crippen LogP contribution in [0.2, 0.25) is 0 Å². The van der Waals surface area contributed by atoms with Crippen molar-refractivity contribution >= 4 is 5.91 Å². The van der Waals surface area contributed by atoms with Gasteiger partial charge in [-0.1, -0.05) is 6.07 Å². The fourth-order valence-electron chi connectivity index (χ4n) is 2.03. The van der Waals surface area contributed by atoms with Gasteiger partial charge >= 0.3 is 0 Å². The predicted octanol–water partition coefficient (Wildman–Crippen LogP) is 1.11. The van der Waals surface area contributed by atoms with Crippen LogP contribution in [0.1, 0.15) is 23.4 Å². The molecule has 21 heavy (non-hydrogen) atoms. The lowest BCUT2D eigenvalue weighted by Gasteiger charge is -2.07. The molecule has 1 amide bonds. The van der Waals surface area contributed by atoms with E-state index >= 15 is 0 Å². The quantitative estimate of drug-likeness (QED) is 0.835. The minimum Gasteiger partial charge on any atom is -0.352 e. The number of hydrogen-bond donors (Lipinski definition) is 2. The molecule has 0 fully saturated rings. The summed E-state index contributed by atoms with van der Waals surface area (Å²) in [4.78, 5) is 15.9. The van der Waals surface area contributed by atoms with E-state index in [9.17, 15) is 4.79 Å². The molecule has 0 saturated carbocycles. The molecular weight excluding hydrogens is 266 g/mol. The molecule has 0 atom stereocenters. The standard InChI is InChI=1S/C15H21N5O/c1-11-8-12(2)20(19-11)14-5-4-13(9-17-14)10-18-15(21)6-7-16-3/h4-5,8-9,16H,6-7,10H2,1-3H3,(H,18,21). The molecule has 0 radical (unpaired) electrons. The molecule has 2 rings (SSSR count). The lowest BCUT2D eigenvalue weighted by atomic mass is 10.2. The number of carbonyl (C=O) groups excluding carboxylic acids is 1. The van der Waals surface area contributed by atoms with E-state index in [-0.39, 0.29) is 5.91 Å². The van der Waals surface area contributed by atoms with Crippen LogP contribution < -0.4 is 10.6 Å². The molecule has 0 aliphatic heterocycles. The number of pyridine rings is 1. The van der Waals surface area contributed by atoms with Gasteiger partial charge in [0, 0.05) is 31.4 Å². The van der Waals surface area contributed by atoms with E-state index in [1.807, 2.05) is 43.8 Å². The van der Waals surface area contributed by atoms with E-state index in [0.29, 0.717) is 19.5 Å². The molecule has 0 aromatic carbocycles. The molecule has 0 spiro atoms. The third-order valence-electron chi connectivity index (χ3n) is 3.13. The van der Waals surface area contributed by atoms with Crippen LogP contribution in [0.5, 0.6) is 0 Å². The Bertz CT molecular complexity index is 603. The minimum absolute atomic E-state index is 0.0342. The summed E-state index contributed by atoms with van der Waals surface area (Å²) in [6.07, 6.45) is 2.25. The summed E-state index contributed by atoms with van der Waals surface area (Å²) >= 11 is 0. The van der Waals surface area contributed by atoms with Crippen LogP contribution >= 0.6 is 0 Å². The molecule has 0 unspecified atom stereocenters. The van der Waals surface area contributed by atoms with Gasteiger partial charge in [0.15, 0.2) is 5.82 Å². The summed E-state index contributed by atoms with van der Waals surface area (Å²) < 4.78 is 1.81. The van der Waals surface area contributed by atoms with Crippen molar-refractivity contribution in [1.82, 2.24) is 25.4 Å². The minimum atomic E-state index is 0.0342. The summed E-state index contributed by atoms with van der Waals surface area (Å²) in [7, 11) is 1.83. The molecule has 0 bridgehead atoms. The fourth-order valence-corrected chi connectivity index (χ4v) is 2.03. The summed E-state index contributed by atoms with van der Waals surface area (Å²) in [5, 5.41) is 10.2. The van der Waals surface area contributed by atoms with Crippen LogP contribution in [0.25, 0.3) is 5.82 Å². The van der Waals surface area contributed by atoms with Crippen molar-refractivity contribution < 1.29 is 4.79 Å². The Labute approximate surface area is 124 Å². The number of nitrogens with one attached hydrogen (secondary N) is 2. The molecule has 6 heteroatoms. The van der Waals surface area contributed by atoms with Crippen molar-refractivity contribution in [3.8, 4) is 5.82 Å². The van der Waals surface area contributed by atoms with Crippen molar-refractivity contribution in [2.45, 2.75) is 26.8 Å². The highest BCUT2D eigenvalue weighted by Gasteiger charge is 2.05. The number of rotatable bonds is 6. The van der Waals surface area contributed by atoms with E-state index in [2.05, 4.69) is 20.7 Å². The number of amides is 1. The van der Waals surface area contributed by atoms with Crippen LogP contribution in [0.4, 0.5) is 0 Å². The van der Waals surface area contributed by atoms with E-state index in [4.69, 9.17) is 0 Å². The molecular formula is C15H21N5O. The lowest BCUT2D eigenvalue weighted by Crippen LogP contribution is -2.26. The van der Waals surface area contributed by atoms with Gasteiger partial charge in [-0.2, -0.15) is 5.10 Å². The molecule has 0 aliphatic carbocycles. The van der Waals surface area contributed by atoms with Gasteiger partial charge in [0.05, 0.1) is 5.69 Å². The van der Waals surface area contributed by atoms with E-state index in [1.165, 1.54) is 0 Å². The van der Waals surface area contributed by atoms with Gasteiger partial charge in [0.25, 0.3) is 0 Å². The Balaban J connectivity index is 1.96. The normalized spacial score (nSPS) is 10.6. The van der Waals surface area contributed by atoms with Gasteiger partial charge in [0.2, 0.25) is 5.91 Å². The van der Waals surface area contributed by atoms with E-state index in [0.717, 1.165) is 22.8 Å². The third kappa shape index (κ3) is 4.13. The molecule has 112 valence electrons. The zero-order valence-corrected chi connectivity index (χ0v) is 12.7. The molecule has 6 nitrogen and oxygen atoms in total. The summed E-state index contributed by atoms with van der Waals surface area (Å²) in [6.45, 7) is 5.13. The Morgan fingerprint density at radius 3 is 2.71 bits per heavy atom. The highest BCUT2D eigenvalue weighted by molar-refractivity contribution is 5.76. The van der Waals surface area contributed by atoms with Gasteiger partial charge < -0.3 is 10.6 Å². The summed E-state index contributed by atoms with van der Waals surface area (Å²) in [5.74, 6) is 0.817. The van der Waals surface area contributed by atoms with Crippen LogP contribution in [0.15, 0.2) is 24.4 Å². The maximum Gasteiger partial charge on any atom is 0.221 e. The maximum atomic E-state index is 11.5. The van der Waals surface area contributed by atoms with E-state index < -0.39 is 0 Å². The second-order valence-electron chi connectivity index (χ2n) is 4.99. The summed E-state index contributed by atoms with van der Waals surface area (Å²) in [5.41, 5.74) is 2.99. The third-order valence-corrected chi connectivity index (χ3v) is 3.13. The number of aromatic nitrogens is 3. The van der Waals surface area contributed by atoms with Crippen LogP contribution in [-0.2, 0) is 11.3 Å². The zero-order chi connectivity index (χ0) is 15.2. The zero-order valence-electron chi connectivity index (χ0n) is 12.7. The SMILES string of the molecule is CNCCC(=O)NCc1ccc(-n2nc(C)cc2C)nc1. The first-order valence-corrected chi connectivity index (χ1v) is 7.00. The molecule has 2 heterocycles. The number of aryl methyl sites for hydroxylation is 2. The average Bonchev–Trinajstić information content (AvgIpc) is 2.82. The first-order chi connectivity index (χ1) is 10.1. The first-order valence-electron chi connectivity index (χ1n) is 7.00. The van der Waals surface area contributed by atoms with Crippen molar-refractivity contribution in [1.29, 1.82) is 0 Å². The Hall–Kier alpha value is -2.21. The van der Waals surface area contributed by atoms with Gasteiger partial charge in [-0.25, -0.2) is 9.67 Å². The Morgan fingerprint density at radius 1 is 1.33 bits per heavy atom. The van der Waals surface area contributed by atoms with Crippen molar-refractivity contribution in [3.05, 3.63) is 41.3 Å². The van der Waals surface area contributed by atoms with Crippen molar-refractivity contribution in [2.24, 2.45) is 0 Å². The number of nitrogens with zero attached hydrogens (tertiary/aromatic N) is 3. The highest BCUT2D eigenvalue weighted by atomic mass is 16.1. The predicted molar refractivity (Wildman–Crippen MR) is 81.2 cm³/mol. The average molecular weight is 287 g/mol. The van der Waals surface area contributed by atoms with Crippen LogP contribution in [0, 0.1) is 13.8 Å². The number of hydrogen-bond acceptors (Lipinski definition) is 4. The van der Waals surface area contributed by atoms with Gasteiger partial charge in [-0.05, 0) is 38.6 Å². The highest BCUT2D eigenvalue weighted by Crippen LogP contribution is 2.10. The van der Waals surface area contributed by atoms with Crippen molar-refractivity contribution in [2.75, 3.05) is 13.6 Å². The van der Waals surface area contributed by atoms with Crippen molar-refractivity contribution in [3.63, 3.8) is 0 Å². The molecule has 2 aromatic heterocycles. The molecule has 2 aromatic rings. The maximum absolute atomic E-state index is 11.5. The summed E-state index contributed by atoms with van der Waals surface area (Å²) in [6, 6.07) is 5.88. The van der Waals surface area contributed by atoms with Crippen LogP contribution in [-0.4, -0.2) is 34.3 Å². The molecule has 0 aliphatic rings. The van der Waals surface area contributed by atoms with Gasteiger partial charge in [-0.3, -0.25) is 4.79 Å². The first kappa shape index (κ1) is 15.2. The van der Waals surface area contributed by atoms with E-state index in [1.54, 1.807) is 6.20 Å². The molecule has 2 N–H and O–H groups in total. The largest absolute Gasteiger partial charge is 0.352 e. The van der Waals surface area contributed by atoms with Crippen LogP contribution in [0.3, 0.4) is 0 Å². The van der Waals surface area contributed by atoms with Gasteiger partial charge in [0.1, 0.15) is 0 Å². The Kier molecular flexibility index (Phi) is 5.05. The molecule has 0 saturated heterocycles. The second kappa shape index (κ2) is 6.99. The fraction of sp³-hybridized carbons (Fsp3) is 0.400. The monoisotopic (exact) mass is 287 g/mol. The number of carbonyl (C=O) groups is 1. The lowest BCUT2D eigenvalue weighted by molar-refractivity contribution is -0.121. The smallest absolute Gasteiger partial charge is 0.221 e. The second-order valence-corrected chi connectivity index (χ2v) is 4.99. The Morgan fingerprint density at radius 2 is 2.14 bits per heavy atom.